The number of urea groups is 1. The molecule has 0 bridgehead atoms. The fraction of sp³-hybridized carbons (Fsp3) is 0.500. The molecule has 1 aliphatic heterocycles. The van der Waals surface area contributed by atoms with Crippen molar-refractivity contribution in [3.63, 3.8) is 0 Å². The number of ether oxygens (including phenoxy) is 1. The van der Waals surface area contributed by atoms with E-state index in [-0.39, 0.29) is 12.1 Å². The second kappa shape index (κ2) is 8.11. The number of anilines is 1. The molecular formula is C18H25N5O2. The van der Waals surface area contributed by atoms with E-state index in [0.29, 0.717) is 18.1 Å². The summed E-state index contributed by atoms with van der Waals surface area (Å²) in [5.41, 5.74) is 1.49. The van der Waals surface area contributed by atoms with Crippen LogP contribution in [0.3, 0.4) is 0 Å². The van der Waals surface area contributed by atoms with Gasteiger partial charge in [-0.1, -0.05) is 12.1 Å². The Bertz CT molecular complexity index is 722. The molecule has 1 atom stereocenters. The van der Waals surface area contributed by atoms with E-state index in [1.165, 1.54) is 6.42 Å². The second-order valence-electron chi connectivity index (χ2n) is 6.29. The minimum Gasteiger partial charge on any atom is -0.378 e. The van der Waals surface area contributed by atoms with Crippen molar-refractivity contribution >= 4 is 11.7 Å². The van der Waals surface area contributed by atoms with Crippen molar-refractivity contribution in [2.45, 2.75) is 45.6 Å². The SMILES string of the molecule is Cc1nc(C)n(-c2ccccc2NC(=O)NCC[C@H]2CCCCO2)n1. The first-order valence-electron chi connectivity index (χ1n) is 8.79. The van der Waals surface area contributed by atoms with Crippen molar-refractivity contribution in [3.8, 4) is 5.69 Å². The number of carbonyl (C=O) groups is 1. The summed E-state index contributed by atoms with van der Waals surface area (Å²) in [6, 6.07) is 7.34. The van der Waals surface area contributed by atoms with Crippen LogP contribution < -0.4 is 10.6 Å². The van der Waals surface area contributed by atoms with E-state index in [9.17, 15) is 4.79 Å². The van der Waals surface area contributed by atoms with Gasteiger partial charge in [0.2, 0.25) is 0 Å². The maximum atomic E-state index is 12.2. The Kier molecular flexibility index (Phi) is 5.65. The number of rotatable bonds is 5. The number of hydrogen-bond acceptors (Lipinski definition) is 4. The highest BCUT2D eigenvalue weighted by atomic mass is 16.5. The second-order valence-corrected chi connectivity index (χ2v) is 6.29. The van der Waals surface area contributed by atoms with Crippen LogP contribution in [0.1, 0.15) is 37.3 Å². The molecule has 1 aromatic heterocycles. The number of aryl methyl sites for hydroxylation is 2. The average Bonchev–Trinajstić information content (AvgIpc) is 2.94. The number of nitrogens with zero attached hydrogens (tertiary/aromatic N) is 3. The van der Waals surface area contributed by atoms with Gasteiger partial charge in [-0.05, 0) is 51.7 Å². The van der Waals surface area contributed by atoms with Gasteiger partial charge in [-0.3, -0.25) is 0 Å². The molecule has 0 aliphatic carbocycles. The van der Waals surface area contributed by atoms with E-state index < -0.39 is 0 Å². The van der Waals surface area contributed by atoms with E-state index >= 15 is 0 Å². The molecule has 2 N–H and O–H groups in total. The van der Waals surface area contributed by atoms with Crippen LogP contribution in [0.2, 0.25) is 0 Å². The molecule has 0 saturated carbocycles. The van der Waals surface area contributed by atoms with Crippen LogP contribution in [0.15, 0.2) is 24.3 Å². The van der Waals surface area contributed by atoms with Gasteiger partial charge in [-0.25, -0.2) is 14.5 Å². The highest BCUT2D eigenvalue weighted by Gasteiger charge is 2.15. The highest BCUT2D eigenvalue weighted by molar-refractivity contribution is 5.91. The van der Waals surface area contributed by atoms with Crippen LogP contribution in [-0.2, 0) is 4.74 Å². The zero-order chi connectivity index (χ0) is 17.6. The quantitative estimate of drug-likeness (QED) is 0.874. The summed E-state index contributed by atoms with van der Waals surface area (Å²) < 4.78 is 7.42. The lowest BCUT2D eigenvalue weighted by atomic mass is 10.1. The monoisotopic (exact) mass is 343 g/mol. The lowest BCUT2D eigenvalue weighted by molar-refractivity contribution is 0.0120. The first-order valence-corrected chi connectivity index (χ1v) is 8.79. The maximum Gasteiger partial charge on any atom is 0.319 e. The molecule has 2 aromatic rings. The zero-order valence-electron chi connectivity index (χ0n) is 14.8. The Morgan fingerprint density at radius 1 is 1.32 bits per heavy atom. The molecule has 0 unspecified atom stereocenters. The van der Waals surface area contributed by atoms with Gasteiger partial charge >= 0.3 is 6.03 Å². The number of carbonyl (C=O) groups excluding carboxylic acids is 1. The summed E-state index contributed by atoms with van der Waals surface area (Å²) in [5.74, 6) is 1.48. The Hall–Kier alpha value is -2.41. The van der Waals surface area contributed by atoms with Crippen molar-refractivity contribution in [2.24, 2.45) is 0 Å². The number of para-hydroxylation sites is 2. The Labute approximate surface area is 147 Å². The van der Waals surface area contributed by atoms with E-state index in [4.69, 9.17) is 4.74 Å². The molecule has 3 rings (SSSR count). The molecule has 7 nitrogen and oxygen atoms in total. The molecule has 0 spiro atoms. The Balaban J connectivity index is 1.59. The fourth-order valence-electron chi connectivity index (χ4n) is 3.06. The fourth-order valence-corrected chi connectivity index (χ4v) is 3.06. The van der Waals surface area contributed by atoms with Crippen LogP contribution in [0, 0.1) is 13.8 Å². The number of hydrogen-bond donors (Lipinski definition) is 2. The lowest BCUT2D eigenvalue weighted by Gasteiger charge is -2.22. The van der Waals surface area contributed by atoms with Gasteiger partial charge in [0.1, 0.15) is 11.6 Å². The predicted molar refractivity (Wildman–Crippen MR) is 96.1 cm³/mol. The Morgan fingerprint density at radius 2 is 2.16 bits per heavy atom. The summed E-state index contributed by atoms with van der Waals surface area (Å²) >= 11 is 0. The molecule has 1 aromatic carbocycles. The number of aromatic nitrogens is 3. The summed E-state index contributed by atoms with van der Waals surface area (Å²) in [6.45, 7) is 5.17. The van der Waals surface area contributed by atoms with E-state index in [1.54, 1.807) is 4.68 Å². The first-order chi connectivity index (χ1) is 12.1. The minimum atomic E-state index is -0.224. The minimum absolute atomic E-state index is 0.224. The summed E-state index contributed by atoms with van der Waals surface area (Å²) in [5, 5.41) is 10.2. The average molecular weight is 343 g/mol. The van der Waals surface area contributed by atoms with Crippen molar-refractivity contribution < 1.29 is 9.53 Å². The molecule has 0 radical (unpaired) electrons. The van der Waals surface area contributed by atoms with Gasteiger partial charge in [0.15, 0.2) is 0 Å². The molecule has 7 heteroatoms. The lowest BCUT2D eigenvalue weighted by Crippen LogP contribution is -2.32. The molecule has 1 fully saturated rings. The standard InChI is InChI=1S/C18H25N5O2/c1-13-20-14(2)23(22-13)17-9-4-3-8-16(17)21-18(24)19-11-10-15-7-5-6-12-25-15/h3-4,8-9,15H,5-7,10-12H2,1-2H3,(H2,19,21,24)/t15-/m1/s1. The molecule has 2 amide bonds. The molecule has 1 saturated heterocycles. The third-order valence-corrected chi connectivity index (χ3v) is 4.28. The number of benzene rings is 1. The number of nitrogens with one attached hydrogen (secondary N) is 2. The van der Waals surface area contributed by atoms with Gasteiger partial charge in [0.05, 0.1) is 17.5 Å². The van der Waals surface area contributed by atoms with Crippen LogP contribution in [0.4, 0.5) is 10.5 Å². The summed E-state index contributed by atoms with van der Waals surface area (Å²) in [6.07, 6.45) is 4.54. The molecule has 134 valence electrons. The third-order valence-electron chi connectivity index (χ3n) is 4.28. The molecule has 1 aliphatic rings. The maximum absolute atomic E-state index is 12.2. The van der Waals surface area contributed by atoms with Gasteiger partial charge in [-0.15, -0.1) is 0 Å². The topological polar surface area (TPSA) is 81.1 Å². The molecule has 2 heterocycles. The van der Waals surface area contributed by atoms with E-state index in [0.717, 1.165) is 37.4 Å². The van der Waals surface area contributed by atoms with Gasteiger partial charge in [-0.2, -0.15) is 5.10 Å². The largest absolute Gasteiger partial charge is 0.378 e. The van der Waals surface area contributed by atoms with Crippen molar-refractivity contribution in [1.82, 2.24) is 20.1 Å². The smallest absolute Gasteiger partial charge is 0.319 e. The van der Waals surface area contributed by atoms with Gasteiger partial charge in [0, 0.05) is 13.2 Å². The molecule has 25 heavy (non-hydrogen) atoms. The number of amides is 2. The van der Waals surface area contributed by atoms with Gasteiger partial charge in [0.25, 0.3) is 0 Å². The Morgan fingerprint density at radius 3 is 2.88 bits per heavy atom. The predicted octanol–water partition coefficient (Wildman–Crippen LogP) is 2.96. The third kappa shape index (κ3) is 4.57. The van der Waals surface area contributed by atoms with Crippen LogP contribution in [0.5, 0.6) is 0 Å². The highest BCUT2D eigenvalue weighted by Crippen LogP contribution is 2.20. The van der Waals surface area contributed by atoms with Crippen molar-refractivity contribution in [1.29, 1.82) is 0 Å². The molecular weight excluding hydrogens is 318 g/mol. The zero-order valence-corrected chi connectivity index (χ0v) is 14.8. The summed E-state index contributed by atoms with van der Waals surface area (Å²) in [7, 11) is 0. The van der Waals surface area contributed by atoms with Crippen LogP contribution in [0.25, 0.3) is 5.69 Å². The normalized spacial score (nSPS) is 17.3. The van der Waals surface area contributed by atoms with Gasteiger partial charge < -0.3 is 15.4 Å². The first kappa shape index (κ1) is 17.4. The van der Waals surface area contributed by atoms with Crippen LogP contribution in [-0.4, -0.2) is 40.1 Å². The van der Waals surface area contributed by atoms with E-state index in [2.05, 4.69) is 20.7 Å². The van der Waals surface area contributed by atoms with E-state index in [1.807, 2.05) is 38.1 Å². The summed E-state index contributed by atoms with van der Waals surface area (Å²) in [4.78, 5) is 16.5. The van der Waals surface area contributed by atoms with Crippen molar-refractivity contribution in [3.05, 3.63) is 35.9 Å². The van der Waals surface area contributed by atoms with Crippen LogP contribution >= 0.6 is 0 Å². The van der Waals surface area contributed by atoms with Crippen molar-refractivity contribution in [2.75, 3.05) is 18.5 Å².